The molecule has 2 rings (SSSR count). The summed E-state index contributed by atoms with van der Waals surface area (Å²) in [7, 11) is 0. The van der Waals surface area contributed by atoms with E-state index in [2.05, 4.69) is 5.32 Å². The molecule has 0 bridgehead atoms. The van der Waals surface area contributed by atoms with Crippen LogP contribution >= 0.6 is 0 Å². The molecule has 0 aromatic heterocycles. The summed E-state index contributed by atoms with van der Waals surface area (Å²) in [5.41, 5.74) is 5.04. The number of hydrogen-bond acceptors (Lipinski definition) is 3. The summed E-state index contributed by atoms with van der Waals surface area (Å²) < 4.78 is 0. The van der Waals surface area contributed by atoms with Crippen LogP contribution in [0.4, 0.5) is 0 Å². The molecule has 2 atom stereocenters. The Morgan fingerprint density at radius 1 is 1.00 bits per heavy atom. The van der Waals surface area contributed by atoms with Crippen molar-refractivity contribution >= 4 is 11.9 Å². The molecule has 5 heteroatoms. The van der Waals surface area contributed by atoms with Crippen LogP contribution in [-0.4, -0.2) is 28.6 Å². The van der Waals surface area contributed by atoms with Gasteiger partial charge in [-0.1, -0.05) is 38.5 Å². The maximum absolute atomic E-state index is 12.5. The Morgan fingerprint density at radius 3 is 2.25 bits per heavy atom. The van der Waals surface area contributed by atoms with Crippen molar-refractivity contribution in [3.05, 3.63) is 0 Å². The fraction of sp³-hybridized carbons (Fsp3) is 0.867. The lowest BCUT2D eigenvalue weighted by Crippen LogP contribution is -2.58. The van der Waals surface area contributed by atoms with E-state index in [1.807, 2.05) is 0 Å². The molecule has 2 aliphatic rings. The van der Waals surface area contributed by atoms with Gasteiger partial charge in [-0.05, 0) is 25.7 Å². The molecule has 4 N–H and O–H groups in total. The number of hydrogen-bond donors (Lipinski definition) is 3. The largest absolute Gasteiger partial charge is 0.480 e. The van der Waals surface area contributed by atoms with Crippen molar-refractivity contribution < 1.29 is 14.7 Å². The lowest BCUT2D eigenvalue weighted by Gasteiger charge is -2.35. The van der Waals surface area contributed by atoms with Gasteiger partial charge in [-0.25, -0.2) is 4.79 Å². The predicted octanol–water partition coefficient (Wildman–Crippen LogP) is 1.80. The minimum Gasteiger partial charge on any atom is -0.480 e. The van der Waals surface area contributed by atoms with Gasteiger partial charge in [0.25, 0.3) is 0 Å². The molecule has 1 amide bonds. The van der Waals surface area contributed by atoms with Gasteiger partial charge in [-0.3, -0.25) is 4.79 Å². The van der Waals surface area contributed by atoms with E-state index < -0.39 is 11.5 Å². The van der Waals surface area contributed by atoms with E-state index in [0.717, 1.165) is 51.4 Å². The summed E-state index contributed by atoms with van der Waals surface area (Å²) in [6.07, 6.45) is 8.68. The van der Waals surface area contributed by atoms with Crippen LogP contribution in [0.3, 0.4) is 0 Å². The molecule has 0 aromatic rings. The zero-order valence-corrected chi connectivity index (χ0v) is 12.1. The van der Waals surface area contributed by atoms with E-state index in [9.17, 15) is 14.7 Å². The van der Waals surface area contributed by atoms with Gasteiger partial charge in [0.05, 0.1) is 5.92 Å². The van der Waals surface area contributed by atoms with Gasteiger partial charge >= 0.3 is 5.97 Å². The first kappa shape index (κ1) is 15.3. The van der Waals surface area contributed by atoms with E-state index in [-0.39, 0.29) is 17.9 Å². The molecule has 2 saturated carbocycles. The van der Waals surface area contributed by atoms with Crippen LogP contribution in [0.5, 0.6) is 0 Å². The monoisotopic (exact) mass is 282 g/mol. The van der Waals surface area contributed by atoms with Crippen LogP contribution in [-0.2, 0) is 9.59 Å². The number of nitrogens with two attached hydrogens (primary N) is 1. The van der Waals surface area contributed by atoms with Crippen molar-refractivity contribution in [2.75, 3.05) is 0 Å². The average Bonchev–Trinajstić information content (AvgIpc) is 2.64. The molecule has 20 heavy (non-hydrogen) atoms. The quantitative estimate of drug-likeness (QED) is 0.688. The molecule has 2 fully saturated rings. The molecule has 2 unspecified atom stereocenters. The van der Waals surface area contributed by atoms with Crippen molar-refractivity contribution in [1.29, 1.82) is 0 Å². The van der Waals surface area contributed by atoms with Crippen LogP contribution in [0.2, 0.25) is 0 Å². The van der Waals surface area contributed by atoms with E-state index >= 15 is 0 Å². The highest BCUT2D eigenvalue weighted by Gasteiger charge is 2.42. The van der Waals surface area contributed by atoms with E-state index in [1.54, 1.807) is 0 Å². The first-order chi connectivity index (χ1) is 9.55. The second-order valence-electron chi connectivity index (χ2n) is 6.35. The molecular weight excluding hydrogens is 256 g/mol. The van der Waals surface area contributed by atoms with Crippen molar-refractivity contribution in [1.82, 2.24) is 5.32 Å². The molecule has 0 saturated heterocycles. The molecule has 0 heterocycles. The van der Waals surface area contributed by atoms with Crippen LogP contribution < -0.4 is 11.1 Å². The number of carboxylic acids is 1. The Labute approximate surface area is 120 Å². The van der Waals surface area contributed by atoms with Gasteiger partial charge in [-0.15, -0.1) is 0 Å². The highest BCUT2D eigenvalue weighted by Crippen LogP contribution is 2.30. The van der Waals surface area contributed by atoms with Crippen LogP contribution in [0.25, 0.3) is 0 Å². The normalized spacial score (nSPS) is 30.2. The van der Waals surface area contributed by atoms with Crippen LogP contribution in [0.1, 0.15) is 64.2 Å². The Hall–Kier alpha value is -1.10. The molecule has 0 aliphatic heterocycles. The van der Waals surface area contributed by atoms with Gasteiger partial charge in [0.2, 0.25) is 5.91 Å². The SMILES string of the molecule is NC1CCCCCC1C(=O)NC1(C(=O)O)CCCCC1. The molecule has 114 valence electrons. The highest BCUT2D eigenvalue weighted by molar-refractivity contribution is 5.88. The maximum Gasteiger partial charge on any atom is 0.329 e. The minimum atomic E-state index is -1.05. The predicted molar refractivity (Wildman–Crippen MR) is 76.1 cm³/mol. The summed E-state index contributed by atoms with van der Waals surface area (Å²) in [5.74, 6) is -1.27. The van der Waals surface area contributed by atoms with Crippen molar-refractivity contribution in [2.45, 2.75) is 75.8 Å². The Balaban J connectivity index is 2.05. The molecule has 0 aromatic carbocycles. The van der Waals surface area contributed by atoms with E-state index in [4.69, 9.17) is 5.73 Å². The van der Waals surface area contributed by atoms with Crippen molar-refractivity contribution in [3.8, 4) is 0 Å². The number of amides is 1. The Kier molecular flexibility index (Phi) is 5.02. The molecule has 2 aliphatic carbocycles. The Morgan fingerprint density at radius 2 is 1.60 bits per heavy atom. The van der Waals surface area contributed by atoms with Gasteiger partial charge in [-0.2, -0.15) is 0 Å². The summed E-state index contributed by atoms with van der Waals surface area (Å²) in [4.78, 5) is 24.1. The van der Waals surface area contributed by atoms with Gasteiger partial charge in [0.1, 0.15) is 5.54 Å². The summed E-state index contributed by atoms with van der Waals surface area (Å²) in [6, 6.07) is -0.132. The van der Waals surface area contributed by atoms with Crippen LogP contribution in [0, 0.1) is 5.92 Å². The summed E-state index contributed by atoms with van der Waals surface area (Å²) in [6.45, 7) is 0. The fourth-order valence-electron chi connectivity index (χ4n) is 3.54. The van der Waals surface area contributed by atoms with Crippen molar-refractivity contribution in [2.24, 2.45) is 11.7 Å². The zero-order chi connectivity index (χ0) is 14.6. The smallest absolute Gasteiger partial charge is 0.329 e. The fourth-order valence-corrected chi connectivity index (χ4v) is 3.54. The lowest BCUT2D eigenvalue weighted by atomic mass is 9.80. The van der Waals surface area contributed by atoms with E-state index in [1.165, 1.54) is 0 Å². The standard InChI is InChI=1S/C15H26N2O3/c16-12-8-4-1-3-7-11(12)13(18)17-15(14(19)20)9-5-2-6-10-15/h11-12H,1-10,16H2,(H,17,18)(H,19,20). The van der Waals surface area contributed by atoms with Gasteiger partial charge in [0, 0.05) is 6.04 Å². The maximum atomic E-state index is 12.5. The summed E-state index contributed by atoms with van der Waals surface area (Å²) in [5, 5.41) is 12.4. The number of rotatable bonds is 3. The number of carbonyl (C=O) groups excluding carboxylic acids is 1. The van der Waals surface area contributed by atoms with Crippen LogP contribution in [0.15, 0.2) is 0 Å². The molecule has 0 radical (unpaired) electrons. The number of carboxylic acid groups (broad SMARTS) is 1. The topological polar surface area (TPSA) is 92.4 Å². The highest BCUT2D eigenvalue weighted by atomic mass is 16.4. The average molecular weight is 282 g/mol. The van der Waals surface area contributed by atoms with Gasteiger partial charge < -0.3 is 16.2 Å². The first-order valence-corrected chi connectivity index (χ1v) is 7.86. The Bertz CT molecular complexity index is 364. The second-order valence-corrected chi connectivity index (χ2v) is 6.35. The minimum absolute atomic E-state index is 0.132. The molecule has 5 nitrogen and oxygen atoms in total. The third-order valence-electron chi connectivity index (χ3n) is 4.89. The molecular formula is C15H26N2O3. The van der Waals surface area contributed by atoms with Gasteiger partial charge in [0.15, 0.2) is 0 Å². The van der Waals surface area contributed by atoms with E-state index in [0.29, 0.717) is 12.8 Å². The third-order valence-corrected chi connectivity index (χ3v) is 4.89. The summed E-state index contributed by atoms with van der Waals surface area (Å²) >= 11 is 0. The molecule has 0 spiro atoms. The second kappa shape index (κ2) is 6.57. The number of aliphatic carboxylic acids is 1. The number of nitrogens with one attached hydrogen (secondary N) is 1. The third kappa shape index (κ3) is 3.32. The first-order valence-electron chi connectivity index (χ1n) is 7.86. The van der Waals surface area contributed by atoms with Crippen molar-refractivity contribution in [3.63, 3.8) is 0 Å². The zero-order valence-electron chi connectivity index (χ0n) is 12.1. The lowest BCUT2D eigenvalue weighted by molar-refractivity contribution is -0.150. The number of carbonyl (C=O) groups is 2.